The summed E-state index contributed by atoms with van der Waals surface area (Å²) in [7, 11) is 0. The zero-order chi connectivity index (χ0) is 13.0. The van der Waals surface area contributed by atoms with Crippen molar-refractivity contribution in [2.45, 2.75) is 25.3 Å². The maximum Gasteiger partial charge on any atom is 0.0495 e. The molecule has 1 heterocycles. The molecule has 2 rings (SSSR count). The minimum Gasteiger partial charge on any atom is -0.381 e. The van der Waals surface area contributed by atoms with Gasteiger partial charge in [-0.05, 0) is 42.9 Å². The highest BCUT2D eigenvalue weighted by Gasteiger charge is 2.21. The molecule has 0 radical (unpaired) electrons. The third-order valence-corrected chi connectivity index (χ3v) is 4.10. The van der Waals surface area contributed by atoms with Gasteiger partial charge in [-0.15, -0.1) is 0 Å². The van der Waals surface area contributed by atoms with Gasteiger partial charge in [-0.2, -0.15) is 0 Å². The van der Waals surface area contributed by atoms with Crippen LogP contribution in [0.4, 0.5) is 0 Å². The Morgan fingerprint density at radius 2 is 2.11 bits per heavy atom. The third-order valence-electron chi connectivity index (χ3n) is 3.39. The topological polar surface area (TPSA) is 47.3 Å². The molecule has 1 aliphatic heterocycles. The lowest BCUT2D eigenvalue weighted by Crippen LogP contribution is -2.38. The fourth-order valence-corrected chi connectivity index (χ4v) is 2.91. The largest absolute Gasteiger partial charge is 0.381 e. The first kappa shape index (κ1) is 14.1. The zero-order valence-corrected chi connectivity index (χ0v) is 11.7. The average Bonchev–Trinajstić information content (AvgIpc) is 2.85. The molecule has 0 bridgehead atoms. The highest BCUT2D eigenvalue weighted by Crippen LogP contribution is 2.27. The average molecular weight is 289 g/mol. The second kappa shape index (κ2) is 6.73. The Morgan fingerprint density at radius 3 is 2.67 bits per heavy atom. The lowest BCUT2D eigenvalue weighted by Gasteiger charge is -2.20. The van der Waals surface area contributed by atoms with Crippen molar-refractivity contribution in [3.8, 4) is 0 Å². The standard InChI is InChI=1S/C13H18Cl2N2O/c14-12-2-1-3-13(15)11(12)7-10(17-16)6-9-4-5-18-8-9/h1-3,9-10,17H,4-8,16H2. The van der Waals surface area contributed by atoms with Crippen LogP contribution in [-0.4, -0.2) is 19.3 Å². The molecule has 2 atom stereocenters. The lowest BCUT2D eigenvalue weighted by atomic mass is 9.95. The van der Waals surface area contributed by atoms with Gasteiger partial charge in [0.05, 0.1) is 0 Å². The van der Waals surface area contributed by atoms with Crippen molar-refractivity contribution in [3.63, 3.8) is 0 Å². The van der Waals surface area contributed by atoms with Crippen molar-refractivity contribution in [2.24, 2.45) is 11.8 Å². The van der Waals surface area contributed by atoms with Crippen LogP contribution >= 0.6 is 23.2 Å². The molecule has 1 aromatic carbocycles. The molecule has 2 unspecified atom stereocenters. The summed E-state index contributed by atoms with van der Waals surface area (Å²) in [4.78, 5) is 0. The van der Waals surface area contributed by atoms with E-state index in [0.29, 0.717) is 16.0 Å². The van der Waals surface area contributed by atoms with E-state index in [1.807, 2.05) is 18.2 Å². The fraction of sp³-hybridized carbons (Fsp3) is 0.538. The Labute approximate surface area is 118 Å². The molecule has 0 aromatic heterocycles. The number of hydrogen-bond donors (Lipinski definition) is 2. The van der Waals surface area contributed by atoms with Crippen LogP contribution in [0.15, 0.2) is 18.2 Å². The van der Waals surface area contributed by atoms with Gasteiger partial charge >= 0.3 is 0 Å². The number of benzene rings is 1. The Morgan fingerprint density at radius 1 is 1.39 bits per heavy atom. The van der Waals surface area contributed by atoms with Crippen molar-refractivity contribution < 1.29 is 4.74 Å². The molecule has 1 aromatic rings. The number of halogens is 2. The third kappa shape index (κ3) is 3.59. The highest BCUT2D eigenvalue weighted by atomic mass is 35.5. The first-order valence-corrected chi connectivity index (χ1v) is 6.93. The van der Waals surface area contributed by atoms with Gasteiger partial charge in [0.15, 0.2) is 0 Å². The summed E-state index contributed by atoms with van der Waals surface area (Å²) in [6.07, 6.45) is 2.83. The molecule has 3 N–H and O–H groups in total. The molecule has 0 aliphatic carbocycles. The number of nitrogens with two attached hydrogens (primary N) is 1. The summed E-state index contributed by atoms with van der Waals surface area (Å²) < 4.78 is 5.38. The van der Waals surface area contributed by atoms with Crippen LogP contribution in [0.5, 0.6) is 0 Å². The van der Waals surface area contributed by atoms with Crippen molar-refractivity contribution in [3.05, 3.63) is 33.8 Å². The van der Waals surface area contributed by atoms with E-state index in [0.717, 1.165) is 38.0 Å². The van der Waals surface area contributed by atoms with Gasteiger partial charge in [-0.25, -0.2) is 0 Å². The van der Waals surface area contributed by atoms with Crippen LogP contribution in [0, 0.1) is 5.92 Å². The minimum atomic E-state index is 0.175. The number of hydrogen-bond acceptors (Lipinski definition) is 3. The summed E-state index contributed by atoms with van der Waals surface area (Å²) in [5, 5.41) is 1.40. The Bertz CT molecular complexity index is 374. The second-order valence-electron chi connectivity index (χ2n) is 4.73. The SMILES string of the molecule is NNC(Cc1c(Cl)cccc1Cl)CC1CCOC1. The van der Waals surface area contributed by atoms with E-state index < -0.39 is 0 Å². The summed E-state index contributed by atoms with van der Waals surface area (Å²) in [5.74, 6) is 6.20. The molecule has 0 saturated carbocycles. The minimum absolute atomic E-state index is 0.175. The van der Waals surface area contributed by atoms with E-state index in [1.54, 1.807) is 0 Å². The molecule has 3 nitrogen and oxygen atoms in total. The molecule has 1 saturated heterocycles. The smallest absolute Gasteiger partial charge is 0.0495 e. The Kier molecular flexibility index (Phi) is 5.27. The molecular formula is C13H18Cl2N2O. The maximum absolute atomic E-state index is 6.17. The van der Waals surface area contributed by atoms with Gasteiger partial charge in [-0.3, -0.25) is 11.3 Å². The van der Waals surface area contributed by atoms with Crippen LogP contribution in [0.2, 0.25) is 10.0 Å². The summed E-state index contributed by atoms with van der Waals surface area (Å²) in [6, 6.07) is 5.74. The van der Waals surface area contributed by atoms with E-state index in [1.165, 1.54) is 0 Å². The Balaban J connectivity index is 2.00. The van der Waals surface area contributed by atoms with E-state index >= 15 is 0 Å². The van der Waals surface area contributed by atoms with Crippen LogP contribution in [0.3, 0.4) is 0 Å². The first-order chi connectivity index (χ1) is 8.70. The number of ether oxygens (including phenoxy) is 1. The van der Waals surface area contributed by atoms with Crippen molar-refractivity contribution in [2.75, 3.05) is 13.2 Å². The number of hydrazine groups is 1. The predicted octanol–water partition coefficient (Wildman–Crippen LogP) is 2.79. The van der Waals surface area contributed by atoms with Crippen LogP contribution in [-0.2, 0) is 11.2 Å². The first-order valence-electron chi connectivity index (χ1n) is 6.17. The van der Waals surface area contributed by atoms with E-state index in [2.05, 4.69) is 5.43 Å². The zero-order valence-electron chi connectivity index (χ0n) is 10.2. The van der Waals surface area contributed by atoms with Crippen molar-refractivity contribution in [1.29, 1.82) is 0 Å². The monoisotopic (exact) mass is 288 g/mol. The van der Waals surface area contributed by atoms with Crippen LogP contribution in [0.1, 0.15) is 18.4 Å². The molecule has 0 amide bonds. The second-order valence-corrected chi connectivity index (χ2v) is 5.55. The van der Waals surface area contributed by atoms with Crippen LogP contribution < -0.4 is 11.3 Å². The van der Waals surface area contributed by atoms with Gasteiger partial charge in [0.1, 0.15) is 0 Å². The quantitative estimate of drug-likeness (QED) is 0.647. The van der Waals surface area contributed by atoms with Gasteiger partial charge in [0, 0.05) is 29.3 Å². The van der Waals surface area contributed by atoms with Crippen molar-refractivity contribution >= 4 is 23.2 Å². The molecule has 1 fully saturated rings. The van der Waals surface area contributed by atoms with E-state index in [9.17, 15) is 0 Å². The molecule has 0 spiro atoms. The van der Waals surface area contributed by atoms with Gasteiger partial charge in [0.25, 0.3) is 0 Å². The van der Waals surface area contributed by atoms with Crippen molar-refractivity contribution in [1.82, 2.24) is 5.43 Å². The summed E-state index contributed by atoms with van der Waals surface area (Å²) >= 11 is 12.3. The molecule has 1 aliphatic rings. The number of nitrogens with one attached hydrogen (secondary N) is 1. The van der Waals surface area contributed by atoms with Gasteiger partial charge < -0.3 is 4.74 Å². The summed E-state index contributed by atoms with van der Waals surface area (Å²) in [5.41, 5.74) is 3.82. The fourth-order valence-electron chi connectivity index (χ4n) is 2.36. The number of rotatable bonds is 5. The predicted molar refractivity (Wildman–Crippen MR) is 74.8 cm³/mol. The molecule has 100 valence electrons. The van der Waals surface area contributed by atoms with Gasteiger partial charge in [-0.1, -0.05) is 29.3 Å². The van der Waals surface area contributed by atoms with Gasteiger partial charge in [0.2, 0.25) is 0 Å². The lowest BCUT2D eigenvalue weighted by molar-refractivity contribution is 0.181. The summed E-state index contributed by atoms with van der Waals surface area (Å²) in [6.45, 7) is 1.68. The highest BCUT2D eigenvalue weighted by molar-refractivity contribution is 6.35. The Hall–Kier alpha value is -0.320. The molecule has 5 heteroatoms. The maximum atomic E-state index is 6.17. The normalized spacial score (nSPS) is 21.2. The molecular weight excluding hydrogens is 271 g/mol. The van der Waals surface area contributed by atoms with E-state index in [4.69, 9.17) is 33.8 Å². The van der Waals surface area contributed by atoms with E-state index in [-0.39, 0.29) is 6.04 Å². The van der Waals surface area contributed by atoms with Crippen LogP contribution in [0.25, 0.3) is 0 Å². The molecule has 18 heavy (non-hydrogen) atoms.